The molecule has 1 saturated heterocycles. The Balaban J connectivity index is 1.77. The molecule has 3 rings (SSSR count). The van der Waals surface area contributed by atoms with Gasteiger partial charge >= 0.3 is 0 Å². The number of hydrogen-bond donors (Lipinski definition) is 1. The first kappa shape index (κ1) is 18.1. The second kappa shape index (κ2) is 7.25. The zero-order valence-electron chi connectivity index (χ0n) is 13.8. The molecule has 1 atom stereocenters. The average Bonchev–Trinajstić information content (AvgIpc) is 3.04. The predicted molar refractivity (Wildman–Crippen MR) is 91.7 cm³/mol. The van der Waals surface area contributed by atoms with Gasteiger partial charge in [0.1, 0.15) is 11.9 Å². The van der Waals surface area contributed by atoms with Gasteiger partial charge in [0.15, 0.2) is 0 Å². The Hall–Kier alpha value is -2.74. The van der Waals surface area contributed by atoms with Crippen molar-refractivity contribution >= 4 is 21.8 Å². The first-order chi connectivity index (χ1) is 12.4. The first-order valence-electron chi connectivity index (χ1n) is 8.04. The molecule has 2 aromatic carbocycles. The lowest BCUT2D eigenvalue weighted by molar-refractivity contribution is -0.130. The highest BCUT2D eigenvalue weighted by atomic mass is 32.2. The fourth-order valence-electron chi connectivity index (χ4n) is 2.82. The van der Waals surface area contributed by atoms with E-state index in [0.717, 1.165) is 0 Å². The molecule has 1 N–H and O–H groups in total. The number of amides is 2. The van der Waals surface area contributed by atoms with E-state index in [4.69, 9.17) is 0 Å². The van der Waals surface area contributed by atoms with Crippen molar-refractivity contribution in [1.82, 2.24) is 9.62 Å². The lowest BCUT2D eigenvalue weighted by atomic mass is 10.2. The SMILES string of the molecule is O=C(NCc1ccc(F)cc1)C1CCC(=O)N1S(=O)(=O)c1ccccc1. The Morgan fingerprint density at radius 2 is 1.77 bits per heavy atom. The summed E-state index contributed by atoms with van der Waals surface area (Å²) in [5, 5.41) is 2.61. The van der Waals surface area contributed by atoms with Crippen molar-refractivity contribution in [2.24, 2.45) is 0 Å². The third kappa shape index (κ3) is 3.60. The molecule has 2 amide bonds. The number of halogens is 1. The van der Waals surface area contributed by atoms with E-state index in [-0.39, 0.29) is 30.1 Å². The Bertz CT molecular complexity index is 914. The summed E-state index contributed by atoms with van der Waals surface area (Å²) < 4.78 is 39.1. The molecule has 0 radical (unpaired) electrons. The van der Waals surface area contributed by atoms with Crippen LogP contribution in [0.25, 0.3) is 0 Å². The van der Waals surface area contributed by atoms with E-state index in [1.165, 1.54) is 36.4 Å². The molecule has 8 heteroatoms. The maximum atomic E-state index is 12.9. The molecule has 1 fully saturated rings. The lowest BCUT2D eigenvalue weighted by Crippen LogP contribution is -2.47. The van der Waals surface area contributed by atoms with Crippen molar-refractivity contribution in [2.75, 3.05) is 0 Å². The van der Waals surface area contributed by atoms with Crippen LogP contribution in [0.2, 0.25) is 0 Å². The van der Waals surface area contributed by atoms with Crippen molar-refractivity contribution < 1.29 is 22.4 Å². The van der Waals surface area contributed by atoms with Gasteiger partial charge in [0.25, 0.3) is 10.0 Å². The maximum Gasteiger partial charge on any atom is 0.267 e. The van der Waals surface area contributed by atoms with E-state index in [9.17, 15) is 22.4 Å². The summed E-state index contributed by atoms with van der Waals surface area (Å²) in [5.41, 5.74) is 0.668. The molecular formula is C18H17FN2O4S. The number of sulfonamides is 1. The van der Waals surface area contributed by atoms with Crippen LogP contribution < -0.4 is 5.32 Å². The van der Waals surface area contributed by atoms with Gasteiger partial charge in [-0.1, -0.05) is 30.3 Å². The van der Waals surface area contributed by atoms with E-state index in [1.54, 1.807) is 18.2 Å². The van der Waals surface area contributed by atoms with Crippen LogP contribution in [0.1, 0.15) is 18.4 Å². The second-order valence-corrected chi connectivity index (χ2v) is 7.72. The van der Waals surface area contributed by atoms with Crippen LogP contribution in [0.4, 0.5) is 4.39 Å². The Kier molecular flexibility index (Phi) is 5.03. The minimum absolute atomic E-state index is 0.0132. The topological polar surface area (TPSA) is 83.6 Å². The normalized spacial score (nSPS) is 17.3. The Labute approximate surface area is 150 Å². The van der Waals surface area contributed by atoms with Crippen molar-refractivity contribution in [3.8, 4) is 0 Å². The second-order valence-electron chi connectivity index (χ2n) is 5.91. The number of nitrogens with one attached hydrogen (secondary N) is 1. The monoisotopic (exact) mass is 376 g/mol. The fraction of sp³-hybridized carbons (Fsp3) is 0.222. The van der Waals surface area contributed by atoms with Gasteiger partial charge in [-0.25, -0.2) is 17.1 Å². The average molecular weight is 376 g/mol. The minimum atomic E-state index is -4.10. The van der Waals surface area contributed by atoms with Crippen LogP contribution in [-0.4, -0.2) is 30.6 Å². The van der Waals surface area contributed by atoms with Crippen LogP contribution in [0.15, 0.2) is 59.5 Å². The molecule has 0 bridgehead atoms. The van der Waals surface area contributed by atoms with Crippen LogP contribution >= 0.6 is 0 Å². The molecule has 0 saturated carbocycles. The van der Waals surface area contributed by atoms with Crippen LogP contribution in [0.3, 0.4) is 0 Å². The largest absolute Gasteiger partial charge is 0.350 e. The summed E-state index contributed by atoms with van der Waals surface area (Å²) in [5.74, 6) is -1.54. The summed E-state index contributed by atoms with van der Waals surface area (Å²) in [6.07, 6.45) is 0.112. The zero-order valence-corrected chi connectivity index (χ0v) is 14.6. The van der Waals surface area contributed by atoms with Gasteiger partial charge in [0.2, 0.25) is 11.8 Å². The number of benzene rings is 2. The summed E-state index contributed by atoms with van der Waals surface area (Å²) in [6.45, 7) is 0.114. The third-order valence-corrected chi connectivity index (χ3v) is 5.99. The number of rotatable bonds is 5. The molecule has 2 aromatic rings. The van der Waals surface area contributed by atoms with Crippen LogP contribution in [0.5, 0.6) is 0 Å². The van der Waals surface area contributed by atoms with Crippen molar-refractivity contribution in [3.05, 3.63) is 66.0 Å². The quantitative estimate of drug-likeness (QED) is 0.863. The summed E-state index contributed by atoms with van der Waals surface area (Å²) in [7, 11) is -4.10. The van der Waals surface area contributed by atoms with Crippen molar-refractivity contribution in [1.29, 1.82) is 0 Å². The highest BCUT2D eigenvalue weighted by Gasteiger charge is 2.44. The van der Waals surface area contributed by atoms with Crippen LogP contribution in [0, 0.1) is 5.82 Å². The maximum absolute atomic E-state index is 12.9. The van der Waals surface area contributed by atoms with Crippen molar-refractivity contribution in [2.45, 2.75) is 30.3 Å². The van der Waals surface area contributed by atoms with Crippen LogP contribution in [-0.2, 0) is 26.2 Å². The minimum Gasteiger partial charge on any atom is -0.350 e. The van der Waals surface area contributed by atoms with E-state index >= 15 is 0 Å². The molecule has 1 unspecified atom stereocenters. The van der Waals surface area contributed by atoms with Gasteiger partial charge in [-0.05, 0) is 36.2 Å². The lowest BCUT2D eigenvalue weighted by Gasteiger charge is -2.23. The van der Waals surface area contributed by atoms with E-state index in [2.05, 4.69) is 5.32 Å². The molecule has 6 nitrogen and oxygen atoms in total. The zero-order chi connectivity index (χ0) is 18.7. The van der Waals surface area contributed by atoms with Gasteiger partial charge in [0, 0.05) is 13.0 Å². The van der Waals surface area contributed by atoms with Gasteiger partial charge in [-0.3, -0.25) is 9.59 Å². The smallest absolute Gasteiger partial charge is 0.267 e. The molecule has 0 aromatic heterocycles. The Morgan fingerprint density at radius 3 is 2.42 bits per heavy atom. The molecule has 0 spiro atoms. The first-order valence-corrected chi connectivity index (χ1v) is 9.48. The van der Waals surface area contributed by atoms with E-state index < -0.39 is 27.9 Å². The number of hydrogen-bond acceptors (Lipinski definition) is 4. The van der Waals surface area contributed by atoms with Crippen molar-refractivity contribution in [3.63, 3.8) is 0 Å². The molecule has 1 heterocycles. The summed E-state index contributed by atoms with van der Waals surface area (Å²) >= 11 is 0. The number of carbonyl (C=O) groups excluding carboxylic acids is 2. The summed E-state index contributed by atoms with van der Waals surface area (Å²) in [6, 6.07) is 12.0. The standard InChI is InChI=1S/C18H17FN2O4S/c19-14-8-6-13(7-9-14)12-20-18(23)16-10-11-17(22)21(16)26(24,25)15-4-2-1-3-5-15/h1-9,16H,10-12H2,(H,20,23). The van der Waals surface area contributed by atoms with E-state index in [0.29, 0.717) is 9.87 Å². The molecule has 1 aliphatic rings. The Morgan fingerprint density at radius 1 is 1.12 bits per heavy atom. The molecule has 0 aliphatic carbocycles. The molecule has 26 heavy (non-hydrogen) atoms. The fourth-order valence-corrected chi connectivity index (χ4v) is 4.44. The van der Waals surface area contributed by atoms with Gasteiger partial charge < -0.3 is 5.32 Å². The van der Waals surface area contributed by atoms with Gasteiger partial charge in [-0.2, -0.15) is 0 Å². The highest BCUT2D eigenvalue weighted by Crippen LogP contribution is 2.27. The van der Waals surface area contributed by atoms with E-state index in [1.807, 2.05) is 0 Å². The van der Waals surface area contributed by atoms with Gasteiger partial charge in [-0.15, -0.1) is 0 Å². The number of carbonyl (C=O) groups is 2. The predicted octanol–water partition coefficient (Wildman–Crippen LogP) is 1.82. The highest BCUT2D eigenvalue weighted by molar-refractivity contribution is 7.89. The summed E-state index contributed by atoms with van der Waals surface area (Å²) in [4.78, 5) is 24.6. The molecular weight excluding hydrogens is 359 g/mol. The number of nitrogens with zero attached hydrogens (tertiary/aromatic N) is 1. The third-order valence-electron chi connectivity index (χ3n) is 4.14. The van der Waals surface area contributed by atoms with Gasteiger partial charge in [0.05, 0.1) is 4.90 Å². The molecule has 136 valence electrons. The molecule has 1 aliphatic heterocycles.